The molecule has 4 nitrogen and oxygen atoms in total. The molecule has 0 spiro atoms. The molecule has 0 N–H and O–H groups in total. The zero-order valence-electron chi connectivity index (χ0n) is 19.8. The normalized spacial score (nSPS) is 29.3. The number of fused-ring (bicyclic) bond motifs is 7. The summed E-state index contributed by atoms with van der Waals surface area (Å²) in [7, 11) is 0. The second-order valence-corrected chi connectivity index (χ2v) is 10.3. The highest BCUT2D eigenvalue weighted by Gasteiger charge is 2.75. The predicted molar refractivity (Wildman–Crippen MR) is 145 cm³/mol. The summed E-state index contributed by atoms with van der Waals surface area (Å²) in [6, 6.07) is 43.6. The maximum atomic E-state index is 5.31. The molecule has 2 heterocycles. The summed E-state index contributed by atoms with van der Waals surface area (Å²) in [5.41, 5.74) is 7.29. The predicted octanol–water partition coefficient (Wildman–Crippen LogP) is 6.06. The summed E-state index contributed by atoms with van der Waals surface area (Å²) >= 11 is 0. The fourth-order valence-electron chi connectivity index (χ4n) is 7.16. The van der Waals surface area contributed by atoms with E-state index in [1.54, 1.807) is 0 Å². The van der Waals surface area contributed by atoms with Gasteiger partial charge in [0.2, 0.25) is 0 Å². The van der Waals surface area contributed by atoms with Crippen molar-refractivity contribution in [3.8, 4) is 0 Å². The molecule has 2 aliphatic carbocycles. The van der Waals surface area contributed by atoms with E-state index >= 15 is 0 Å². The maximum Gasteiger partial charge on any atom is 0.0737 e. The monoisotopic (exact) mass is 466 g/mol. The lowest BCUT2D eigenvalue weighted by molar-refractivity contribution is -0.0626. The van der Waals surface area contributed by atoms with Crippen LogP contribution < -0.4 is 10.0 Å². The molecule has 0 radical (unpaired) electrons. The third kappa shape index (κ3) is 2.70. The molecule has 2 fully saturated rings. The first kappa shape index (κ1) is 20.1. The van der Waals surface area contributed by atoms with Crippen molar-refractivity contribution in [2.75, 3.05) is 10.0 Å². The molecule has 4 aromatic rings. The summed E-state index contributed by atoms with van der Waals surface area (Å²) in [5, 5.41) is 15.2. The van der Waals surface area contributed by atoms with Crippen molar-refractivity contribution in [3.63, 3.8) is 0 Å². The number of nitrogens with zero attached hydrogens (tertiary/aromatic N) is 4. The molecule has 2 aliphatic heterocycles. The first-order valence-corrected chi connectivity index (χ1v) is 12.9. The first-order chi connectivity index (χ1) is 17.9. The number of rotatable bonds is 4. The molecule has 4 heteroatoms. The van der Waals surface area contributed by atoms with E-state index in [1.807, 2.05) is 0 Å². The minimum Gasteiger partial charge on any atom is -0.261 e. The fraction of sp³-hybridized carbons (Fsp3) is 0.188. The quantitative estimate of drug-likeness (QED) is 0.366. The minimum absolute atomic E-state index is 0.352. The van der Waals surface area contributed by atoms with Gasteiger partial charge in [0, 0.05) is 17.8 Å². The Labute approximate surface area is 211 Å². The summed E-state index contributed by atoms with van der Waals surface area (Å²) in [5.74, 6) is 1.86. The minimum atomic E-state index is 0.352. The second kappa shape index (κ2) is 7.66. The molecule has 4 aliphatic rings. The van der Waals surface area contributed by atoms with Gasteiger partial charge in [0.15, 0.2) is 0 Å². The Kier molecular flexibility index (Phi) is 4.27. The third-order valence-corrected chi connectivity index (χ3v) is 8.61. The van der Waals surface area contributed by atoms with E-state index in [0.29, 0.717) is 35.8 Å². The van der Waals surface area contributed by atoms with Crippen molar-refractivity contribution in [1.82, 2.24) is 0 Å². The van der Waals surface area contributed by atoms with Gasteiger partial charge in [-0.25, -0.2) is 0 Å². The van der Waals surface area contributed by atoms with E-state index < -0.39 is 0 Å². The summed E-state index contributed by atoms with van der Waals surface area (Å²) in [4.78, 5) is 0. The maximum absolute atomic E-state index is 5.31. The zero-order chi connectivity index (χ0) is 23.6. The Morgan fingerprint density at radius 2 is 0.778 bits per heavy atom. The van der Waals surface area contributed by atoms with Crippen LogP contribution in [0.15, 0.2) is 132 Å². The first-order valence-electron chi connectivity index (χ1n) is 12.9. The molecule has 4 atom stereocenters. The van der Waals surface area contributed by atoms with E-state index in [-0.39, 0.29) is 0 Å². The third-order valence-electron chi connectivity index (χ3n) is 8.61. The van der Waals surface area contributed by atoms with Crippen LogP contribution in [0.25, 0.3) is 0 Å². The molecule has 4 aromatic carbocycles. The van der Waals surface area contributed by atoms with E-state index in [0.717, 1.165) is 0 Å². The van der Waals surface area contributed by atoms with E-state index in [1.165, 1.54) is 33.9 Å². The molecule has 2 saturated carbocycles. The molecule has 0 aromatic heterocycles. The molecule has 0 bridgehead atoms. The zero-order valence-corrected chi connectivity index (χ0v) is 19.8. The van der Waals surface area contributed by atoms with Gasteiger partial charge in [-0.2, -0.15) is 10.2 Å². The van der Waals surface area contributed by atoms with Crippen LogP contribution >= 0.6 is 0 Å². The second-order valence-electron chi connectivity index (χ2n) is 10.3. The average molecular weight is 467 g/mol. The molecule has 0 amide bonds. The topological polar surface area (TPSA) is 31.2 Å². The van der Waals surface area contributed by atoms with Crippen LogP contribution in [0.3, 0.4) is 0 Å². The van der Waals surface area contributed by atoms with Crippen LogP contribution in [0, 0.1) is 23.7 Å². The summed E-state index contributed by atoms with van der Waals surface area (Å²) in [6.45, 7) is 0. The van der Waals surface area contributed by atoms with Gasteiger partial charge >= 0.3 is 0 Å². The number of hydrazone groups is 2. The van der Waals surface area contributed by atoms with Crippen molar-refractivity contribution in [1.29, 1.82) is 0 Å². The van der Waals surface area contributed by atoms with E-state index in [2.05, 4.69) is 131 Å². The van der Waals surface area contributed by atoms with Gasteiger partial charge < -0.3 is 0 Å². The van der Waals surface area contributed by atoms with Gasteiger partial charge in [0.05, 0.1) is 34.9 Å². The van der Waals surface area contributed by atoms with Gasteiger partial charge in [-0.1, -0.05) is 97.1 Å². The van der Waals surface area contributed by atoms with Crippen molar-refractivity contribution in [2.24, 2.45) is 33.9 Å². The Morgan fingerprint density at radius 1 is 0.417 bits per heavy atom. The summed E-state index contributed by atoms with van der Waals surface area (Å²) in [6.07, 6.45) is 0. The lowest BCUT2D eigenvalue weighted by Crippen LogP contribution is -2.76. The Morgan fingerprint density at radius 3 is 1.17 bits per heavy atom. The van der Waals surface area contributed by atoms with Crippen LogP contribution in [0.4, 0.5) is 11.4 Å². The van der Waals surface area contributed by atoms with Gasteiger partial charge in [0.25, 0.3) is 0 Å². The van der Waals surface area contributed by atoms with E-state index in [9.17, 15) is 0 Å². The Hall–Kier alpha value is -4.18. The van der Waals surface area contributed by atoms with Crippen LogP contribution in [-0.4, -0.2) is 23.5 Å². The van der Waals surface area contributed by atoms with E-state index in [4.69, 9.17) is 10.2 Å². The van der Waals surface area contributed by atoms with Gasteiger partial charge in [0.1, 0.15) is 0 Å². The number of benzene rings is 4. The van der Waals surface area contributed by atoms with Crippen LogP contribution in [0.1, 0.15) is 11.1 Å². The van der Waals surface area contributed by atoms with Gasteiger partial charge in [-0.05, 0) is 41.3 Å². The SMILES string of the molecule is c1ccc(C2=NN(c3ccccc3)C3C2C2C4C(c5ccccc5)=NN(c5ccccc5)C4C23)cc1. The highest BCUT2D eigenvalue weighted by molar-refractivity contribution is 6.10. The highest BCUT2D eigenvalue weighted by Crippen LogP contribution is 2.67. The number of para-hydroxylation sites is 2. The average Bonchev–Trinajstić information content (AvgIpc) is 3.44. The molecule has 36 heavy (non-hydrogen) atoms. The fourth-order valence-corrected chi connectivity index (χ4v) is 7.16. The number of hydrogen-bond donors (Lipinski definition) is 0. The lowest BCUT2D eigenvalue weighted by Gasteiger charge is -2.65. The van der Waals surface area contributed by atoms with Gasteiger partial charge in [-0.3, -0.25) is 10.0 Å². The molecule has 174 valence electrons. The van der Waals surface area contributed by atoms with Crippen LogP contribution in [0.2, 0.25) is 0 Å². The van der Waals surface area contributed by atoms with Crippen molar-refractivity contribution in [2.45, 2.75) is 12.1 Å². The molecule has 4 unspecified atom stereocenters. The molecular weight excluding hydrogens is 440 g/mol. The molecule has 8 rings (SSSR count). The van der Waals surface area contributed by atoms with Gasteiger partial charge in [-0.15, -0.1) is 0 Å². The number of anilines is 2. The number of hydrogen-bond acceptors (Lipinski definition) is 4. The lowest BCUT2D eigenvalue weighted by atomic mass is 9.40. The van der Waals surface area contributed by atoms with Crippen molar-refractivity contribution in [3.05, 3.63) is 132 Å². The highest BCUT2D eigenvalue weighted by atomic mass is 15.6. The van der Waals surface area contributed by atoms with Crippen molar-refractivity contribution < 1.29 is 0 Å². The Bertz CT molecular complexity index is 1350. The molecular formula is C32H26N4. The van der Waals surface area contributed by atoms with Crippen molar-refractivity contribution >= 4 is 22.8 Å². The largest absolute Gasteiger partial charge is 0.261 e. The van der Waals surface area contributed by atoms with Crippen LogP contribution in [-0.2, 0) is 0 Å². The molecule has 0 saturated heterocycles. The standard InChI is InChI=1S/C32H26N4/c1-5-13-21(14-6-1)29-26-25-27-30(22-15-7-2-8-16-22)34-36(24-19-11-4-12-20-24)32(27)28(25)31(26)35(33-29)23-17-9-3-10-18-23/h1-20,25-28,31-32H. The Balaban J connectivity index is 1.24. The van der Waals surface area contributed by atoms with Crippen LogP contribution in [0.5, 0.6) is 0 Å². The smallest absolute Gasteiger partial charge is 0.0737 e. The summed E-state index contributed by atoms with van der Waals surface area (Å²) < 4.78 is 0.